The van der Waals surface area contributed by atoms with Gasteiger partial charge in [0.05, 0.1) is 6.04 Å². The molecule has 0 unspecified atom stereocenters. The molecule has 1 heterocycles. The molecule has 0 radical (unpaired) electrons. The van der Waals surface area contributed by atoms with Gasteiger partial charge in [0.1, 0.15) is 0 Å². The third kappa shape index (κ3) is 2.09. The second-order valence-electron chi connectivity index (χ2n) is 3.73. The fraction of sp³-hybridized carbons (Fsp3) is 0.308. The maximum atomic E-state index is 10.9. The predicted molar refractivity (Wildman–Crippen MR) is 63.4 cm³/mol. The van der Waals surface area contributed by atoms with Crippen LogP contribution in [0.1, 0.15) is 13.3 Å². The molecule has 0 N–H and O–H groups in total. The van der Waals surface area contributed by atoms with Crippen LogP contribution in [0.5, 0.6) is 0 Å². The normalized spacial score (nSPS) is 21.1. The minimum atomic E-state index is -0.0400. The van der Waals surface area contributed by atoms with Crippen LogP contribution >= 0.6 is 0 Å². The lowest BCUT2D eigenvalue weighted by Gasteiger charge is -2.35. The van der Waals surface area contributed by atoms with Crippen LogP contribution in [-0.2, 0) is 4.79 Å². The summed E-state index contributed by atoms with van der Waals surface area (Å²) in [4.78, 5) is 12.7. The van der Waals surface area contributed by atoms with Crippen molar-refractivity contribution in [2.24, 2.45) is 0 Å². The van der Waals surface area contributed by atoms with E-state index in [0.717, 1.165) is 36.1 Å². The van der Waals surface area contributed by atoms with Gasteiger partial charge in [-0.05, 0) is 24.5 Å². The van der Waals surface area contributed by atoms with Crippen molar-refractivity contribution in [1.82, 2.24) is 4.90 Å². The number of hydrogen-bond acceptors (Lipinski definition) is 1. The maximum Gasteiger partial charge on any atom is 0.210 e. The quantitative estimate of drug-likeness (QED) is 0.507. The molecule has 2 nitrogen and oxygen atoms in total. The molecule has 2 heteroatoms. The zero-order valence-electron chi connectivity index (χ0n) is 9.20. The van der Waals surface area contributed by atoms with E-state index in [0.29, 0.717) is 0 Å². The molecule has 0 aromatic carbocycles. The second kappa shape index (κ2) is 4.78. The molecule has 1 atom stereocenters. The lowest BCUT2D eigenvalue weighted by molar-refractivity contribution is -0.119. The van der Waals surface area contributed by atoms with Crippen molar-refractivity contribution in [3.8, 4) is 0 Å². The highest BCUT2D eigenvalue weighted by molar-refractivity contribution is 5.55. The highest BCUT2D eigenvalue weighted by Crippen LogP contribution is 2.28. The van der Waals surface area contributed by atoms with Crippen molar-refractivity contribution in [1.29, 1.82) is 0 Å². The minimum Gasteiger partial charge on any atom is -0.334 e. The van der Waals surface area contributed by atoms with E-state index >= 15 is 0 Å². The fourth-order valence-electron chi connectivity index (χ4n) is 2.00. The topological polar surface area (TPSA) is 20.3 Å². The first-order chi connectivity index (χ1) is 7.15. The van der Waals surface area contributed by atoms with Gasteiger partial charge in [-0.2, -0.15) is 0 Å². The second-order valence-corrected chi connectivity index (χ2v) is 3.73. The van der Waals surface area contributed by atoms with Gasteiger partial charge in [0.25, 0.3) is 0 Å². The van der Waals surface area contributed by atoms with Crippen LogP contribution in [0.3, 0.4) is 0 Å². The van der Waals surface area contributed by atoms with Crippen molar-refractivity contribution in [3.05, 3.63) is 48.6 Å². The van der Waals surface area contributed by atoms with Gasteiger partial charge in [0.15, 0.2) is 0 Å². The van der Waals surface area contributed by atoms with E-state index in [1.54, 1.807) is 11.0 Å². The lowest BCUT2D eigenvalue weighted by Crippen LogP contribution is -2.40. The first kappa shape index (κ1) is 11.5. The molecular formula is C13H17NO. The molecule has 0 bridgehead atoms. The molecule has 0 aromatic heterocycles. The zero-order chi connectivity index (χ0) is 11.4. The first-order valence-corrected chi connectivity index (χ1v) is 5.00. The molecule has 1 aliphatic rings. The Morgan fingerprint density at radius 1 is 1.47 bits per heavy atom. The number of allylic oxidation sites excluding steroid dienone is 1. The van der Waals surface area contributed by atoms with E-state index in [4.69, 9.17) is 0 Å². The third-order valence-electron chi connectivity index (χ3n) is 2.70. The van der Waals surface area contributed by atoms with Crippen LogP contribution in [0.25, 0.3) is 0 Å². The number of nitrogens with zero attached hydrogens (tertiary/aromatic N) is 1. The number of rotatable bonds is 4. The van der Waals surface area contributed by atoms with E-state index in [1.807, 2.05) is 13.0 Å². The van der Waals surface area contributed by atoms with Crippen molar-refractivity contribution in [2.75, 3.05) is 6.54 Å². The minimum absolute atomic E-state index is 0.0400. The van der Waals surface area contributed by atoms with E-state index < -0.39 is 0 Å². The van der Waals surface area contributed by atoms with Crippen LogP contribution in [0.4, 0.5) is 0 Å². The number of hydrogen-bond donors (Lipinski definition) is 0. The number of carbonyl (C=O) groups is 1. The molecule has 1 aliphatic heterocycles. The van der Waals surface area contributed by atoms with Crippen molar-refractivity contribution >= 4 is 6.41 Å². The Morgan fingerprint density at radius 2 is 2.13 bits per heavy atom. The SMILES string of the molecule is C=CC1=C(C=C)[C@H](C(=C)C)N(C=O)CC1. The summed E-state index contributed by atoms with van der Waals surface area (Å²) in [5.41, 5.74) is 3.17. The largest absolute Gasteiger partial charge is 0.334 e. The molecule has 0 aromatic rings. The van der Waals surface area contributed by atoms with E-state index in [1.165, 1.54) is 0 Å². The summed E-state index contributed by atoms with van der Waals surface area (Å²) in [6.45, 7) is 14.2. The van der Waals surface area contributed by atoms with Gasteiger partial charge in [-0.25, -0.2) is 0 Å². The molecule has 0 spiro atoms. The Bertz CT molecular complexity index is 338. The van der Waals surface area contributed by atoms with Crippen LogP contribution in [0.15, 0.2) is 48.6 Å². The van der Waals surface area contributed by atoms with Gasteiger partial charge in [0.2, 0.25) is 6.41 Å². The molecular weight excluding hydrogens is 186 g/mol. The highest BCUT2D eigenvalue weighted by Gasteiger charge is 2.26. The summed E-state index contributed by atoms with van der Waals surface area (Å²) < 4.78 is 0. The van der Waals surface area contributed by atoms with Crippen molar-refractivity contribution < 1.29 is 4.79 Å². The summed E-state index contributed by atoms with van der Waals surface area (Å²) >= 11 is 0. The first-order valence-electron chi connectivity index (χ1n) is 5.00. The van der Waals surface area contributed by atoms with Crippen LogP contribution in [0, 0.1) is 0 Å². The van der Waals surface area contributed by atoms with Gasteiger partial charge in [-0.3, -0.25) is 4.79 Å². The summed E-state index contributed by atoms with van der Waals surface area (Å²) in [6, 6.07) is -0.0400. The number of amides is 1. The Hall–Kier alpha value is -1.57. The average Bonchev–Trinajstić information content (AvgIpc) is 2.26. The Labute approximate surface area is 91.3 Å². The molecule has 0 saturated carbocycles. The highest BCUT2D eigenvalue weighted by atomic mass is 16.1. The van der Waals surface area contributed by atoms with Crippen molar-refractivity contribution in [2.45, 2.75) is 19.4 Å². The maximum absolute atomic E-state index is 10.9. The monoisotopic (exact) mass is 203 g/mol. The molecule has 0 fully saturated rings. The fourth-order valence-corrected chi connectivity index (χ4v) is 2.00. The molecule has 0 saturated heterocycles. The summed E-state index contributed by atoms with van der Waals surface area (Å²) in [7, 11) is 0. The van der Waals surface area contributed by atoms with Crippen molar-refractivity contribution in [3.63, 3.8) is 0 Å². The van der Waals surface area contributed by atoms with E-state index in [9.17, 15) is 4.79 Å². The predicted octanol–water partition coefficient (Wildman–Crippen LogP) is 2.46. The summed E-state index contributed by atoms with van der Waals surface area (Å²) in [5.74, 6) is 0. The standard InChI is InChI=1S/C13H17NO/c1-5-11-7-8-14(9-15)13(10(3)4)12(11)6-2/h5-6,9,13H,1-3,7-8H2,4H3/t13-/m0/s1. The molecule has 80 valence electrons. The summed E-state index contributed by atoms with van der Waals surface area (Å²) in [5, 5.41) is 0. The van der Waals surface area contributed by atoms with Crippen LogP contribution in [-0.4, -0.2) is 23.9 Å². The average molecular weight is 203 g/mol. The van der Waals surface area contributed by atoms with Gasteiger partial charge in [-0.15, -0.1) is 0 Å². The van der Waals surface area contributed by atoms with Gasteiger partial charge < -0.3 is 4.90 Å². The molecule has 0 aliphatic carbocycles. The van der Waals surface area contributed by atoms with Gasteiger partial charge in [-0.1, -0.05) is 37.5 Å². The number of carbonyl (C=O) groups excluding carboxylic acids is 1. The van der Waals surface area contributed by atoms with Crippen LogP contribution < -0.4 is 0 Å². The summed E-state index contributed by atoms with van der Waals surface area (Å²) in [6.07, 6.45) is 5.36. The molecule has 1 amide bonds. The Balaban J connectivity index is 3.20. The Morgan fingerprint density at radius 3 is 2.53 bits per heavy atom. The molecule has 1 rings (SSSR count). The van der Waals surface area contributed by atoms with E-state index in [2.05, 4.69) is 19.7 Å². The lowest BCUT2D eigenvalue weighted by atomic mass is 9.89. The molecule has 15 heavy (non-hydrogen) atoms. The third-order valence-corrected chi connectivity index (χ3v) is 2.70. The van der Waals surface area contributed by atoms with E-state index in [-0.39, 0.29) is 6.04 Å². The smallest absolute Gasteiger partial charge is 0.210 e. The van der Waals surface area contributed by atoms with Gasteiger partial charge >= 0.3 is 0 Å². The van der Waals surface area contributed by atoms with Gasteiger partial charge in [0, 0.05) is 6.54 Å². The van der Waals surface area contributed by atoms with Crippen LogP contribution in [0.2, 0.25) is 0 Å². The Kier molecular flexibility index (Phi) is 3.67. The zero-order valence-corrected chi connectivity index (χ0v) is 9.20.